The van der Waals surface area contributed by atoms with Crippen molar-refractivity contribution in [2.24, 2.45) is 0 Å². The minimum absolute atomic E-state index is 0.0509. The van der Waals surface area contributed by atoms with Gasteiger partial charge in [0.25, 0.3) is 0 Å². The van der Waals surface area contributed by atoms with E-state index in [1.807, 2.05) is 0 Å². The topological polar surface area (TPSA) is 63.7 Å². The molecule has 0 aliphatic rings. The number of hydrogen-bond donors (Lipinski definition) is 0. The van der Waals surface area contributed by atoms with E-state index in [0.717, 1.165) is 17.7 Å². The zero-order chi connectivity index (χ0) is 21.6. The van der Waals surface area contributed by atoms with E-state index in [0.29, 0.717) is 19.5 Å². The summed E-state index contributed by atoms with van der Waals surface area (Å²) in [5.41, 5.74) is 0.881. The predicted molar refractivity (Wildman–Crippen MR) is 106 cm³/mol. The number of carbonyl (C=O) groups excluding carboxylic acids is 1. The fraction of sp³-hybridized carbons (Fsp3) is 0.381. The highest BCUT2D eigenvalue weighted by Crippen LogP contribution is 2.22. The van der Waals surface area contributed by atoms with Gasteiger partial charge in [0.1, 0.15) is 17.7 Å². The van der Waals surface area contributed by atoms with E-state index in [9.17, 15) is 22.0 Å². The van der Waals surface area contributed by atoms with Crippen LogP contribution >= 0.6 is 0 Å². The van der Waals surface area contributed by atoms with Crippen LogP contribution in [0.1, 0.15) is 44.4 Å². The lowest BCUT2D eigenvalue weighted by atomic mass is 10.1. The van der Waals surface area contributed by atoms with E-state index in [1.54, 1.807) is 26.0 Å². The van der Waals surface area contributed by atoms with E-state index in [1.165, 1.54) is 29.4 Å². The number of nitrogens with zero attached hydrogens (tertiary/aromatic N) is 1. The van der Waals surface area contributed by atoms with Crippen molar-refractivity contribution in [3.63, 3.8) is 0 Å². The third-order valence-electron chi connectivity index (χ3n) is 4.59. The van der Waals surface area contributed by atoms with Gasteiger partial charge in [0, 0.05) is 31.1 Å². The Morgan fingerprint density at radius 2 is 1.69 bits per heavy atom. The van der Waals surface area contributed by atoms with Gasteiger partial charge in [0.05, 0.1) is 4.90 Å². The second kappa shape index (κ2) is 9.93. The SMILES string of the molecule is CCN(CC)S(=O)(=O)c1ccc(CCC(=O)OC(C)c2ccc(F)cc2F)cc1. The Morgan fingerprint density at radius 3 is 2.24 bits per heavy atom. The number of esters is 1. The molecule has 0 radical (unpaired) electrons. The van der Waals surface area contributed by atoms with Crippen LogP contribution in [0, 0.1) is 11.6 Å². The number of hydrogen-bond acceptors (Lipinski definition) is 4. The quantitative estimate of drug-likeness (QED) is 0.564. The van der Waals surface area contributed by atoms with Gasteiger partial charge in [-0.2, -0.15) is 4.31 Å². The van der Waals surface area contributed by atoms with E-state index in [2.05, 4.69) is 0 Å². The highest BCUT2D eigenvalue weighted by molar-refractivity contribution is 7.89. The maximum atomic E-state index is 13.8. The highest BCUT2D eigenvalue weighted by Gasteiger charge is 2.21. The van der Waals surface area contributed by atoms with Crippen molar-refractivity contribution < 1.29 is 26.7 Å². The molecular weight excluding hydrogens is 400 g/mol. The van der Waals surface area contributed by atoms with E-state index < -0.39 is 33.7 Å². The van der Waals surface area contributed by atoms with E-state index in [-0.39, 0.29) is 16.9 Å². The minimum Gasteiger partial charge on any atom is -0.458 e. The van der Waals surface area contributed by atoms with Crippen molar-refractivity contribution in [3.05, 3.63) is 65.2 Å². The maximum Gasteiger partial charge on any atom is 0.306 e. The molecule has 8 heteroatoms. The number of halogens is 2. The molecule has 2 rings (SSSR count). The summed E-state index contributed by atoms with van der Waals surface area (Å²) in [4.78, 5) is 12.3. The largest absolute Gasteiger partial charge is 0.458 e. The Labute approximate surface area is 170 Å². The first-order valence-corrected chi connectivity index (χ1v) is 10.9. The molecule has 1 atom stereocenters. The summed E-state index contributed by atoms with van der Waals surface area (Å²) in [5, 5.41) is 0. The first-order valence-electron chi connectivity index (χ1n) is 9.42. The summed E-state index contributed by atoms with van der Waals surface area (Å²) >= 11 is 0. The van der Waals surface area contributed by atoms with Crippen LogP contribution in [0.5, 0.6) is 0 Å². The molecule has 0 amide bonds. The molecule has 0 aliphatic carbocycles. The summed E-state index contributed by atoms with van der Waals surface area (Å²) in [6.07, 6.45) is -0.442. The molecule has 2 aromatic carbocycles. The molecule has 0 heterocycles. The molecule has 0 bridgehead atoms. The summed E-state index contributed by atoms with van der Waals surface area (Å²) in [6, 6.07) is 9.46. The molecule has 29 heavy (non-hydrogen) atoms. The second-order valence-electron chi connectivity index (χ2n) is 6.53. The number of aryl methyl sites for hydroxylation is 1. The Kier molecular flexibility index (Phi) is 7.87. The van der Waals surface area contributed by atoms with Gasteiger partial charge in [-0.05, 0) is 43.2 Å². The molecule has 0 fully saturated rings. The van der Waals surface area contributed by atoms with Gasteiger partial charge < -0.3 is 4.74 Å². The summed E-state index contributed by atoms with van der Waals surface area (Å²) in [5.74, 6) is -1.99. The van der Waals surface area contributed by atoms with Crippen molar-refractivity contribution in [2.45, 2.75) is 44.6 Å². The van der Waals surface area contributed by atoms with Crippen molar-refractivity contribution in [2.75, 3.05) is 13.1 Å². The molecule has 0 N–H and O–H groups in total. The third-order valence-corrected chi connectivity index (χ3v) is 6.66. The van der Waals surface area contributed by atoms with Crippen LogP contribution in [0.25, 0.3) is 0 Å². The van der Waals surface area contributed by atoms with Crippen LogP contribution < -0.4 is 0 Å². The summed E-state index contributed by atoms with van der Waals surface area (Å²) in [7, 11) is -3.52. The second-order valence-corrected chi connectivity index (χ2v) is 8.47. The molecule has 1 unspecified atom stereocenters. The van der Waals surface area contributed by atoms with Gasteiger partial charge in [-0.3, -0.25) is 4.79 Å². The zero-order valence-corrected chi connectivity index (χ0v) is 17.5. The van der Waals surface area contributed by atoms with E-state index >= 15 is 0 Å². The Balaban J connectivity index is 1.95. The van der Waals surface area contributed by atoms with Gasteiger partial charge in [-0.1, -0.05) is 26.0 Å². The first-order chi connectivity index (χ1) is 13.7. The monoisotopic (exact) mass is 425 g/mol. The molecule has 0 saturated heterocycles. The maximum absolute atomic E-state index is 13.8. The molecular formula is C21H25F2NO4S. The van der Waals surface area contributed by atoms with Gasteiger partial charge in [-0.15, -0.1) is 0 Å². The predicted octanol–water partition coefficient (Wildman–Crippen LogP) is 4.23. The number of sulfonamides is 1. The van der Waals surface area contributed by atoms with Gasteiger partial charge in [0.2, 0.25) is 10.0 Å². The summed E-state index contributed by atoms with van der Waals surface area (Å²) < 4.78 is 58.3. The molecule has 0 saturated carbocycles. The Bertz CT molecular complexity index is 942. The number of carbonyl (C=O) groups is 1. The van der Waals surface area contributed by atoms with E-state index in [4.69, 9.17) is 4.74 Å². The Hall–Kier alpha value is -2.32. The first kappa shape index (κ1) is 23.0. The average molecular weight is 425 g/mol. The lowest BCUT2D eigenvalue weighted by Gasteiger charge is -2.18. The van der Waals surface area contributed by atoms with Crippen molar-refractivity contribution in [1.82, 2.24) is 4.31 Å². The van der Waals surface area contributed by atoms with Crippen LogP contribution in [-0.2, 0) is 26.0 Å². The molecule has 0 spiro atoms. The third kappa shape index (κ3) is 5.83. The van der Waals surface area contributed by atoms with Crippen LogP contribution in [0.15, 0.2) is 47.4 Å². The number of rotatable bonds is 9. The molecule has 5 nitrogen and oxygen atoms in total. The number of benzene rings is 2. The highest BCUT2D eigenvalue weighted by atomic mass is 32.2. The normalized spacial score (nSPS) is 12.8. The standard InChI is InChI=1S/C21H25F2NO4S/c1-4-24(5-2)29(26,27)18-10-6-16(7-11-18)8-13-21(25)28-15(3)19-12-9-17(22)14-20(19)23/h6-7,9-12,14-15H,4-5,8,13H2,1-3H3. The van der Waals surface area contributed by atoms with Crippen molar-refractivity contribution >= 4 is 16.0 Å². The fourth-order valence-electron chi connectivity index (χ4n) is 2.94. The Morgan fingerprint density at radius 1 is 1.07 bits per heavy atom. The smallest absolute Gasteiger partial charge is 0.306 e. The van der Waals surface area contributed by atoms with Crippen LogP contribution in [-0.4, -0.2) is 31.8 Å². The minimum atomic E-state index is -3.52. The summed E-state index contributed by atoms with van der Waals surface area (Å²) in [6.45, 7) is 5.85. The lowest BCUT2D eigenvalue weighted by Crippen LogP contribution is -2.30. The lowest BCUT2D eigenvalue weighted by molar-refractivity contribution is -0.148. The zero-order valence-electron chi connectivity index (χ0n) is 16.7. The van der Waals surface area contributed by atoms with Gasteiger partial charge in [-0.25, -0.2) is 17.2 Å². The van der Waals surface area contributed by atoms with Crippen molar-refractivity contribution in [1.29, 1.82) is 0 Å². The molecule has 0 aromatic heterocycles. The van der Waals surface area contributed by atoms with Crippen LogP contribution in [0.3, 0.4) is 0 Å². The van der Waals surface area contributed by atoms with Crippen molar-refractivity contribution in [3.8, 4) is 0 Å². The average Bonchev–Trinajstić information content (AvgIpc) is 2.67. The van der Waals surface area contributed by atoms with Gasteiger partial charge >= 0.3 is 5.97 Å². The van der Waals surface area contributed by atoms with Gasteiger partial charge in [0.15, 0.2) is 0 Å². The fourth-order valence-corrected chi connectivity index (χ4v) is 4.40. The number of ether oxygens (including phenoxy) is 1. The molecule has 158 valence electrons. The molecule has 2 aromatic rings. The van der Waals surface area contributed by atoms with Crippen LogP contribution in [0.2, 0.25) is 0 Å². The molecule has 0 aliphatic heterocycles. The van der Waals surface area contributed by atoms with Crippen LogP contribution in [0.4, 0.5) is 8.78 Å².